The lowest BCUT2D eigenvalue weighted by atomic mass is 10.1. The van der Waals surface area contributed by atoms with E-state index in [-0.39, 0.29) is 11.4 Å². The van der Waals surface area contributed by atoms with Crippen LogP contribution in [0.3, 0.4) is 0 Å². The number of aromatic nitrogens is 4. The zero-order valence-electron chi connectivity index (χ0n) is 16.8. The number of fused-ring (bicyclic) bond motifs is 1. The summed E-state index contributed by atoms with van der Waals surface area (Å²) in [6.07, 6.45) is 0. The maximum atomic E-state index is 13.2. The highest BCUT2D eigenvalue weighted by molar-refractivity contribution is 6.30. The van der Waals surface area contributed by atoms with Crippen LogP contribution in [-0.2, 0) is 0 Å². The molecule has 0 atom stereocenters. The highest BCUT2D eigenvalue weighted by Gasteiger charge is 2.19. The molecule has 0 aliphatic rings. The highest BCUT2D eigenvalue weighted by Crippen LogP contribution is 2.27. The molecular formula is C24H17ClN4O2. The average Bonchev–Trinajstić information content (AvgIpc) is 3.26. The zero-order valence-corrected chi connectivity index (χ0v) is 17.6. The van der Waals surface area contributed by atoms with E-state index >= 15 is 0 Å². The summed E-state index contributed by atoms with van der Waals surface area (Å²) >= 11 is 6.09. The monoisotopic (exact) mass is 428 g/mol. The molecule has 0 saturated carbocycles. The molecule has 5 aromatic rings. The van der Waals surface area contributed by atoms with Crippen molar-refractivity contribution in [1.82, 2.24) is 19.9 Å². The lowest BCUT2D eigenvalue weighted by Gasteiger charge is -2.10. The molecule has 3 aromatic carbocycles. The minimum absolute atomic E-state index is 0.211. The van der Waals surface area contributed by atoms with Crippen LogP contribution in [0.4, 0.5) is 0 Å². The number of benzene rings is 3. The molecule has 6 nitrogen and oxygen atoms in total. The maximum Gasteiger partial charge on any atom is 0.279 e. The van der Waals surface area contributed by atoms with Crippen molar-refractivity contribution in [2.45, 2.75) is 13.8 Å². The third-order valence-corrected chi connectivity index (χ3v) is 5.49. The number of halogens is 1. The number of rotatable bonds is 3. The highest BCUT2D eigenvalue weighted by atomic mass is 35.5. The van der Waals surface area contributed by atoms with Crippen molar-refractivity contribution in [1.29, 1.82) is 0 Å². The molecule has 5 rings (SSSR count). The van der Waals surface area contributed by atoms with Gasteiger partial charge in [0.2, 0.25) is 5.82 Å². The minimum atomic E-state index is -0.211. The largest absolute Gasteiger partial charge is 0.332 e. The molecule has 0 aliphatic carbocycles. The van der Waals surface area contributed by atoms with E-state index < -0.39 is 0 Å². The quantitative estimate of drug-likeness (QED) is 0.386. The van der Waals surface area contributed by atoms with Gasteiger partial charge in [0.05, 0.1) is 11.1 Å². The summed E-state index contributed by atoms with van der Waals surface area (Å²) in [5.74, 6) is 0.621. The van der Waals surface area contributed by atoms with E-state index in [1.807, 2.05) is 62.4 Å². The average molecular weight is 429 g/mol. The van der Waals surface area contributed by atoms with Gasteiger partial charge in [0, 0.05) is 16.0 Å². The van der Waals surface area contributed by atoms with Gasteiger partial charge < -0.3 is 4.52 Å². The summed E-state index contributed by atoms with van der Waals surface area (Å²) in [5, 5.41) is 10.5. The Labute approximate surface area is 182 Å². The van der Waals surface area contributed by atoms with Crippen LogP contribution in [0.1, 0.15) is 11.1 Å². The van der Waals surface area contributed by atoms with Crippen LogP contribution in [0.15, 0.2) is 76.0 Å². The Morgan fingerprint density at radius 1 is 0.903 bits per heavy atom. The van der Waals surface area contributed by atoms with E-state index in [1.165, 1.54) is 4.68 Å². The first-order chi connectivity index (χ1) is 15.0. The van der Waals surface area contributed by atoms with Gasteiger partial charge in [-0.3, -0.25) is 4.79 Å². The van der Waals surface area contributed by atoms with Crippen molar-refractivity contribution in [3.63, 3.8) is 0 Å². The fourth-order valence-corrected chi connectivity index (χ4v) is 3.63. The predicted octanol–water partition coefficient (Wildman–Crippen LogP) is 5.37. The van der Waals surface area contributed by atoms with Crippen molar-refractivity contribution in [2.75, 3.05) is 0 Å². The van der Waals surface area contributed by atoms with E-state index in [9.17, 15) is 4.79 Å². The molecule has 0 aliphatic heterocycles. The second-order valence-corrected chi connectivity index (χ2v) is 7.75. The van der Waals surface area contributed by atoms with E-state index in [0.717, 1.165) is 16.7 Å². The summed E-state index contributed by atoms with van der Waals surface area (Å²) in [5.41, 5.74) is 3.85. The van der Waals surface area contributed by atoms with Gasteiger partial charge in [0.25, 0.3) is 11.4 Å². The van der Waals surface area contributed by atoms with Crippen LogP contribution in [0.2, 0.25) is 5.02 Å². The molecule has 0 amide bonds. The molecule has 2 aromatic heterocycles. The smallest absolute Gasteiger partial charge is 0.279 e. The van der Waals surface area contributed by atoms with Gasteiger partial charge in [0.15, 0.2) is 5.69 Å². The molecule has 0 N–H and O–H groups in total. The van der Waals surface area contributed by atoms with E-state index in [0.29, 0.717) is 33.0 Å². The van der Waals surface area contributed by atoms with Crippen molar-refractivity contribution < 1.29 is 4.52 Å². The first-order valence-corrected chi connectivity index (χ1v) is 10.1. The van der Waals surface area contributed by atoms with Crippen molar-refractivity contribution in [3.8, 4) is 28.7 Å². The van der Waals surface area contributed by atoms with Gasteiger partial charge >= 0.3 is 0 Å². The molecule has 0 saturated heterocycles. The fourth-order valence-electron chi connectivity index (χ4n) is 3.44. The molecule has 0 unspecified atom stereocenters. The summed E-state index contributed by atoms with van der Waals surface area (Å²) < 4.78 is 6.93. The van der Waals surface area contributed by atoms with Crippen LogP contribution in [0, 0.1) is 13.8 Å². The zero-order chi connectivity index (χ0) is 21.5. The Morgan fingerprint density at radius 3 is 2.48 bits per heavy atom. The summed E-state index contributed by atoms with van der Waals surface area (Å²) in [7, 11) is 0. The number of hydrogen-bond donors (Lipinski definition) is 0. The van der Waals surface area contributed by atoms with Crippen LogP contribution in [0.25, 0.3) is 39.4 Å². The van der Waals surface area contributed by atoms with Crippen molar-refractivity contribution >= 4 is 22.4 Å². The van der Waals surface area contributed by atoms with Gasteiger partial charge in [-0.15, -0.1) is 0 Å². The Bertz CT molecular complexity index is 1500. The first kappa shape index (κ1) is 19.2. The first-order valence-electron chi connectivity index (χ1n) is 9.71. The Morgan fingerprint density at radius 2 is 1.71 bits per heavy atom. The molecule has 0 radical (unpaired) electrons. The van der Waals surface area contributed by atoms with E-state index in [2.05, 4.69) is 15.2 Å². The van der Waals surface area contributed by atoms with Crippen LogP contribution >= 0.6 is 11.6 Å². The minimum Gasteiger partial charge on any atom is -0.332 e. The van der Waals surface area contributed by atoms with Crippen LogP contribution in [0.5, 0.6) is 0 Å². The van der Waals surface area contributed by atoms with Crippen molar-refractivity contribution in [3.05, 3.63) is 93.2 Å². The molecule has 0 spiro atoms. The lowest BCUT2D eigenvalue weighted by molar-refractivity contribution is 0.430. The van der Waals surface area contributed by atoms with Gasteiger partial charge in [-0.1, -0.05) is 53.2 Å². The third-order valence-electron chi connectivity index (χ3n) is 5.25. The molecule has 7 heteroatoms. The topological polar surface area (TPSA) is 73.8 Å². The molecule has 31 heavy (non-hydrogen) atoms. The van der Waals surface area contributed by atoms with Gasteiger partial charge in [-0.25, -0.2) is 0 Å². The van der Waals surface area contributed by atoms with Crippen LogP contribution < -0.4 is 5.56 Å². The molecule has 152 valence electrons. The lowest BCUT2D eigenvalue weighted by Crippen LogP contribution is -2.22. The van der Waals surface area contributed by atoms with Gasteiger partial charge in [-0.2, -0.15) is 14.8 Å². The molecular weight excluding hydrogens is 412 g/mol. The standard InChI is InChI=1S/C24H17ClN4O2/c1-14-10-11-18(12-15(14)2)29-24(30)20-9-4-3-8-19(20)21(27-29)23-26-22(28-31-23)16-6-5-7-17(25)13-16/h3-13H,1-2H3. The molecule has 0 fully saturated rings. The second-order valence-electron chi connectivity index (χ2n) is 7.31. The third kappa shape index (κ3) is 3.41. The summed E-state index contributed by atoms with van der Waals surface area (Å²) in [4.78, 5) is 17.7. The maximum absolute atomic E-state index is 13.2. The van der Waals surface area contributed by atoms with Gasteiger partial charge in [0.1, 0.15) is 0 Å². The number of aryl methyl sites for hydroxylation is 2. The van der Waals surface area contributed by atoms with E-state index in [4.69, 9.17) is 16.1 Å². The second kappa shape index (κ2) is 7.49. The normalized spacial score (nSPS) is 11.2. The Kier molecular flexibility index (Phi) is 4.64. The molecule has 2 heterocycles. The number of hydrogen-bond acceptors (Lipinski definition) is 5. The predicted molar refractivity (Wildman–Crippen MR) is 121 cm³/mol. The van der Waals surface area contributed by atoms with E-state index in [1.54, 1.807) is 18.2 Å². The molecule has 0 bridgehead atoms. The Balaban J connectivity index is 1.73. The SMILES string of the molecule is Cc1ccc(-n2nc(-c3nc(-c4cccc(Cl)c4)no3)c3ccccc3c2=O)cc1C. The number of nitrogens with zero attached hydrogens (tertiary/aromatic N) is 4. The van der Waals surface area contributed by atoms with Crippen LogP contribution in [-0.4, -0.2) is 19.9 Å². The summed E-state index contributed by atoms with van der Waals surface area (Å²) in [6.45, 7) is 4.03. The summed E-state index contributed by atoms with van der Waals surface area (Å²) in [6, 6.07) is 20.3. The Hall–Kier alpha value is -3.77. The van der Waals surface area contributed by atoms with Gasteiger partial charge in [-0.05, 0) is 55.3 Å². The van der Waals surface area contributed by atoms with Crippen molar-refractivity contribution in [2.24, 2.45) is 0 Å². The fraction of sp³-hybridized carbons (Fsp3) is 0.0833.